The molecule has 3 heterocycles. The van der Waals surface area contributed by atoms with Gasteiger partial charge in [0.25, 0.3) is 0 Å². The van der Waals surface area contributed by atoms with Crippen molar-refractivity contribution in [3.05, 3.63) is 18.1 Å². The lowest BCUT2D eigenvalue weighted by molar-refractivity contribution is 0.0791. The van der Waals surface area contributed by atoms with E-state index in [1.54, 1.807) is 7.11 Å². The van der Waals surface area contributed by atoms with Crippen LogP contribution in [0.5, 0.6) is 0 Å². The largest absolute Gasteiger partial charge is 0.391 e. The number of aliphatic hydroxyl groups excluding tert-OH is 1. The van der Waals surface area contributed by atoms with Crippen molar-refractivity contribution in [2.45, 2.75) is 12.6 Å². The summed E-state index contributed by atoms with van der Waals surface area (Å²) in [6.45, 7) is 2.79. The smallest absolute Gasteiger partial charge is 0.151 e. The third-order valence-electron chi connectivity index (χ3n) is 3.83. The molecule has 0 unspecified atom stereocenters. The van der Waals surface area contributed by atoms with Crippen LogP contribution in [0.15, 0.2) is 12.5 Å². The Morgan fingerprint density at radius 1 is 1.50 bits per heavy atom. The first-order chi connectivity index (χ1) is 9.69. The molecule has 0 amide bonds. The molecule has 20 heavy (non-hydrogen) atoms. The van der Waals surface area contributed by atoms with Gasteiger partial charge in [-0.05, 0) is 0 Å². The first-order valence-electron chi connectivity index (χ1n) is 6.65. The zero-order valence-corrected chi connectivity index (χ0v) is 11.4. The van der Waals surface area contributed by atoms with Crippen LogP contribution < -0.4 is 5.73 Å². The fraction of sp³-hybridized carbons (Fsp3) is 0.538. The van der Waals surface area contributed by atoms with Crippen LogP contribution in [0.3, 0.4) is 0 Å². The Bertz CT molecular complexity index is 599. The molecule has 1 fully saturated rings. The predicted octanol–water partition coefficient (Wildman–Crippen LogP) is -0.0208. The van der Waals surface area contributed by atoms with Crippen molar-refractivity contribution in [1.29, 1.82) is 0 Å². The average molecular weight is 277 g/mol. The highest BCUT2D eigenvalue weighted by atomic mass is 16.5. The molecule has 1 saturated heterocycles. The average Bonchev–Trinajstić information content (AvgIpc) is 2.97. The molecule has 4 N–H and O–H groups in total. The number of likely N-dealkylation sites (tertiary alicyclic amines) is 1. The summed E-state index contributed by atoms with van der Waals surface area (Å²) in [5.41, 5.74) is 8.50. The summed E-state index contributed by atoms with van der Waals surface area (Å²) in [6, 6.07) is 0. The van der Waals surface area contributed by atoms with Gasteiger partial charge in [0, 0.05) is 44.4 Å². The number of fused-ring (bicyclic) bond motifs is 1. The molecule has 1 aliphatic rings. The van der Waals surface area contributed by atoms with Crippen LogP contribution in [0.1, 0.15) is 5.56 Å². The second-order valence-corrected chi connectivity index (χ2v) is 5.27. The summed E-state index contributed by atoms with van der Waals surface area (Å²) in [5, 5.41) is 10.0. The number of ether oxygens (including phenoxy) is 1. The number of anilines is 1. The zero-order chi connectivity index (χ0) is 14.1. The highest BCUT2D eigenvalue weighted by molar-refractivity contribution is 5.86. The number of aromatic nitrogens is 3. The molecule has 3 rings (SSSR count). The maximum absolute atomic E-state index is 10.0. The van der Waals surface area contributed by atoms with E-state index in [1.165, 1.54) is 6.33 Å². The number of nitrogen functional groups attached to an aromatic ring is 1. The lowest BCUT2D eigenvalue weighted by Crippen LogP contribution is -2.21. The molecule has 0 saturated carbocycles. The van der Waals surface area contributed by atoms with Crippen molar-refractivity contribution in [3.63, 3.8) is 0 Å². The van der Waals surface area contributed by atoms with E-state index in [9.17, 15) is 5.11 Å². The second kappa shape index (κ2) is 5.35. The minimum atomic E-state index is -0.333. The van der Waals surface area contributed by atoms with Crippen molar-refractivity contribution < 1.29 is 9.84 Å². The van der Waals surface area contributed by atoms with Crippen molar-refractivity contribution in [2.75, 3.05) is 32.5 Å². The van der Waals surface area contributed by atoms with Gasteiger partial charge in [0.05, 0.1) is 18.2 Å². The van der Waals surface area contributed by atoms with Gasteiger partial charge in [-0.25, -0.2) is 9.97 Å². The van der Waals surface area contributed by atoms with Gasteiger partial charge in [0.1, 0.15) is 11.8 Å². The van der Waals surface area contributed by atoms with Crippen molar-refractivity contribution in [2.24, 2.45) is 5.92 Å². The molecule has 108 valence electrons. The number of β-amino-alcohol motifs (C(OH)–C–C–N with tert-alkyl or cyclic N) is 1. The van der Waals surface area contributed by atoms with E-state index < -0.39 is 0 Å². The summed E-state index contributed by atoms with van der Waals surface area (Å²) >= 11 is 0. The topological polar surface area (TPSA) is 100 Å². The van der Waals surface area contributed by atoms with Crippen LogP contribution in [0.25, 0.3) is 11.0 Å². The van der Waals surface area contributed by atoms with Crippen LogP contribution in [-0.2, 0) is 11.3 Å². The predicted molar refractivity (Wildman–Crippen MR) is 75.0 cm³/mol. The Labute approximate surface area is 116 Å². The number of H-pyrrole nitrogens is 1. The lowest BCUT2D eigenvalue weighted by Gasteiger charge is -2.14. The van der Waals surface area contributed by atoms with Gasteiger partial charge in [-0.15, -0.1) is 0 Å². The number of nitrogens with two attached hydrogens (primary N) is 1. The molecule has 0 radical (unpaired) electrons. The van der Waals surface area contributed by atoms with Gasteiger partial charge >= 0.3 is 0 Å². The van der Waals surface area contributed by atoms with E-state index in [-0.39, 0.29) is 12.0 Å². The van der Waals surface area contributed by atoms with Crippen molar-refractivity contribution in [3.8, 4) is 0 Å². The zero-order valence-electron chi connectivity index (χ0n) is 11.4. The van der Waals surface area contributed by atoms with Gasteiger partial charge in [-0.1, -0.05) is 0 Å². The summed E-state index contributed by atoms with van der Waals surface area (Å²) in [7, 11) is 1.66. The second-order valence-electron chi connectivity index (χ2n) is 5.27. The molecule has 0 aromatic carbocycles. The third-order valence-corrected chi connectivity index (χ3v) is 3.83. The Hall–Kier alpha value is -1.70. The van der Waals surface area contributed by atoms with E-state index in [1.807, 2.05) is 6.20 Å². The molecule has 7 heteroatoms. The van der Waals surface area contributed by atoms with Gasteiger partial charge < -0.3 is 20.6 Å². The highest BCUT2D eigenvalue weighted by Crippen LogP contribution is 2.24. The Morgan fingerprint density at radius 3 is 3.15 bits per heavy atom. The maximum Gasteiger partial charge on any atom is 0.151 e. The van der Waals surface area contributed by atoms with Crippen molar-refractivity contribution >= 4 is 16.9 Å². The first-order valence-corrected chi connectivity index (χ1v) is 6.65. The van der Waals surface area contributed by atoms with Gasteiger partial charge in [-0.3, -0.25) is 4.90 Å². The van der Waals surface area contributed by atoms with Crippen LogP contribution in [0, 0.1) is 5.92 Å². The molecule has 0 aliphatic carbocycles. The summed E-state index contributed by atoms with van der Waals surface area (Å²) < 4.78 is 5.14. The SMILES string of the molecule is COC[C@@H]1CN(Cc2c[nH]c3c(N)ncnc23)C[C@@H]1O. The number of nitrogens with one attached hydrogen (secondary N) is 1. The van der Waals surface area contributed by atoms with Gasteiger partial charge in [-0.2, -0.15) is 0 Å². The quantitative estimate of drug-likeness (QED) is 0.726. The third kappa shape index (κ3) is 2.35. The number of hydrogen-bond acceptors (Lipinski definition) is 6. The molecule has 0 spiro atoms. The Morgan fingerprint density at radius 2 is 2.35 bits per heavy atom. The fourth-order valence-electron chi connectivity index (χ4n) is 2.82. The fourth-order valence-corrected chi connectivity index (χ4v) is 2.82. The Kier molecular flexibility index (Phi) is 3.56. The van der Waals surface area contributed by atoms with Crippen LogP contribution in [-0.4, -0.2) is 57.9 Å². The van der Waals surface area contributed by atoms with Gasteiger partial charge in [0.2, 0.25) is 0 Å². The monoisotopic (exact) mass is 277 g/mol. The number of aliphatic hydroxyl groups is 1. The van der Waals surface area contributed by atoms with E-state index in [0.717, 1.165) is 29.7 Å². The molecule has 2 aromatic rings. The highest BCUT2D eigenvalue weighted by Gasteiger charge is 2.31. The molecular formula is C13H19N5O2. The number of aromatic amines is 1. The van der Waals surface area contributed by atoms with E-state index in [0.29, 0.717) is 19.0 Å². The minimum absolute atomic E-state index is 0.171. The van der Waals surface area contributed by atoms with Gasteiger partial charge in [0.15, 0.2) is 5.82 Å². The maximum atomic E-state index is 10.0. The van der Waals surface area contributed by atoms with Crippen LogP contribution >= 0.6 is 0 Å². The summed E-state index contributed by atoms with van der Waals surface area (Å²) in [6.07, 6.45) is 3.05. The normalized spacial score (nSPS) is 23.7. The van der Waals surface area contributed by atoms with E-state index in [4.69, 9.17) is 10.5 Å². The number of methoxy groups -OCH3 is 1. The lowest BCUT2D eigenvalue weighted by atomic mass is 10.1. The summed E-state index contributed by atoms with van der Waals surface area (Å²) in [5.74, 6) is 0.630. The molecule has 0 bridgehead atoms. The Balaban J connectivity index is 1.76. The number of rotatable bonds is 4. The van der Waals surface area contributed by atoms with Crippen molar-refractivity contribution in [1.82, 2.24) is 19.9 Å². The summed E-state index contributed by atoms with van der Waals surface area (Å²) in [4.78, 5) is 13.6. The molecule has 2 aromatic heterocycles. The number of hydrogen-bond donors (Lipinski definition) is 3. The van der Waals surface area contributed by atoms with E-state index >= 15 is 0 Å². The molecule has 2 atom stereocenters. The van der Waals surface area contributed by atoms with E-state index in [2.05, 4.69) is 19.9 Å². The molecular weight excluding hydrogens is 258 g/mol. The van der Waals surface area contributed by atoms with Crippen LogP contribution in [0.4, 0.5) is 5.82 Å². The molecule has 7 nitrogen and oxygen atoms in total. The first kappa shape index (κ1) is 13.3. The van der Waals surface area contributed by atoms with Crippen LogP contribution in [0.2, 0.25) is 0 Å². The molecule has 1 aliphatic heterocycles. The standard InChI is InChI=1S/C13H19N5O2/c1-20-6-9-4-18(5-10(9)19)3-8-2-15-12-11(8)16-7-17-13(12)14/h2,7,9-10,15,19H,3-6H2,1H3,(H2,14,16,17)/t9-,10-/m0/s1. The number of nitrogens with zero attached hydrogens (tertiary/aromatic N) is 3. The minimum Gasteiger partial charge on any atom is -0.391 e.